The second kappa shape index (κ2) is 7.96. The molecule has 0 bridgehead atoms. The number of hydrazine groups is 1. The number of hydrogen-bond acceptors (Lipinski definition) is 5. The molecule has 1 heterocycles. The van der Waals surface area contributed by atoms with Crippen LogP contribution >= 0.6 is 11.6 Å². The third-order valence-electron chi connectivity index (χ3n) is 3.79. The van der Waals surface area contributed by atoms with E-state index in [4.69, 9.17) is 21.1 Å². The number of fused-ring (bicyclic) bond motifs is 1. The van der Waals surface area contributed by atoms with Gasteiger partial charge in [-0.2, -0.15) is 0 Å². The predicted molar refractivity (Wildman–Crippen MR) is 96.6 cm³/mol. The number of halogens is 1. The van der Waals surface area contributed by atoms with Crippen LogP contribution in [0.5, 0.6) is 11.5 Å². The summed E-state index contributed by atoms with van der Waals surface area (Å²) >= 11 is 5.96. The van der Waals surface area contributed by atoms with Crippen LogP contribution in [0, 0.1) is 0 Å². The lowest BCUT2D eigenvalue weighted by Crippen LogP contribution is -2.51. The molecular weight excluding hydrogens is 374 g/mol. The Labute approximate surface area is 159 Å². The monoisotopic (exact) mass is 389 g/mol. The molecule has 3 amide bonds. The van der Waals surface area contributed by atoms with Crippen LogP contribution < -0.4 is 25.6 Å². The predicted octanol–water partition coefficient (Wildman–Crippen LogP) is 1.65. The van der Waals surface area contributed by atoms with Crippen molar-refractivity contribution >= 4 is 29.3 Å². The molecule has 1 aliphatic rings. The van der Waals surface area contributed by atoms with Crippen LogP contribution in [0.1, 0.15) is 27.6 Å². The molecule has 0 aliphatic carbocycles. The van der Waals surface area contributed by atoms with Crippen LogP contribution in [0.15, 0.2) is 42.5 Å². The summed E-state index contributed by atoms with van der Waals surface area (Å²) in [7, 11) is 0. The fraction of sp³-hybridized carbons (Fsp3) is 0.167. The molecule has 3 N–H and O–H groups in total. The minimum Gasteiger partial charge on any atom is -0.454 e. The SMILES string of the molecule is C[C@@H](NC(=O)c1ccccc1Cl)C(=O)NNC(=O)c1ccc2c(c1)OCO2. The maximum absolute atomic E-state index is 12.2. The lowest BCUT2D eigenvalue weighted by atomic mass is 10.2. The van der Waals surface area contributed by atoms with Gasteiger partial charge in [-0.25, -0.2) is 0 Å². The van der Waals surface area contributed by atoms with Crippen molar-refractivity contribution in [2.45, 2.75) is 13.0 Å². The standard InChI is InChI=1S/C18H16ClN3O5/c1-10(20-18(25)12-4-2-3-5-13(12)19)16(23)21-22-17(24)11-6-7-14-15(8-11)27-9-26-14/h2-8,10H,9H2,1H3,(H,20,25)(H,21,23)(H,22,24)/t10-/m1/s1. The first-order chi connectivity index (χ1) is 13.0. The maximum atomic E-state index is 12.2. The first-order valence-corrected chi connectivity index (χ1v) is 8.39. The molecule has 0 aromatic heterocycles. The Bertz CT molecular complexity index is 902. The van der Waals surface area contributed by atoms with Crippen LogP contribution in [0.4, 0.5) is 0 Å². The average molecular weight is 390 g/mol. The third-order valence-corrected chi connectivity index (χ3v) is 4.12. The van der Waals surface area contributed by atoms with E-state index in [9.17, 15) is 14.4 Å². The summed E-state index contributed by atoms with van der Waals surface area (Å²) in [5, 5.41) is 2.79. The smallest absolute Gasteiger partial charge is 0.269 e. The summed E-state index contributed by atoms with van der Waals surface area (Å²) in [6.45, 7) is 1.58. The van der Waals surface area contributed by atoms with E-state index in [1.165, 1.54) is 19.1 Å². The van der Waals surface area contributed by atoms with Gasteiger partial charge in [-0.05, 0) is 37.3 Å². The van der Waals surface area contributed by atoms with Gasteiger partial charge in [-0.3, -0.25) is 25.2 Å². The molecule has 0 saturated carbocycles. The van der Waals surface area contributed by atoms with Gasteiger partial charge in [0.25, 0.3) is 17.7 Å². The van der Waals surface area contributed by atoms with Gasteiger partial charge < -0.3 is 14.8 Å². The Morgan fingerprint density at radius 1 is 1.00 bits per heavy atom. The summed E-state index contributed by atoms with van der Waals surface area (Å²) in [5.41, 5.74) is 5.08. The highest BCUT2D eigenvalue weighted by Gasteiger charge is 2.20. The normalized spacial score (nSPS) is 12.8. The summed E-state index contributed by atoms with van der Waals surface area (Å²) in [6, 6.07) is 10.2. The number of amides is 3. The second-order valence-corrected chi connectivity index (χ2v) is 6.09. The minimum atomic E-state index is -0.897. The molecule has 0 unspecified atom stereocenters. The van der Waals surface area contributed by atoms with E-state index in [2.05, 4.69) is 16.2 Å². The van der Waals surface area contributed by atoms with Crippen LogP contribution in [-0.2, 0) is 4.79 Å². The van der Waals surface area contributed by atoms with Gasteiger partial charge in [0.2, 0.25) is 6.79 Å². The van der Waals surface area contributed by atoms with Gasteiger partial charge in [-0.1, -0.05) is 23.7 Å². The van der Waals surface area contributed by atoms with Crippen molar-refractivity contribution in [3.8, 4) is 11.5 Å². The quantitative estimate of drug-likeness (QED) is 0.689. The van der Waals surface area contributed by atoms with Crippen LogP contribution in [-0.4, -0.2) is 30.6 Å². The maximum Gasteiger partial charge on any atom is 0.269 e. The van der Waals surface area contributed by atoms with Gasteiger partial charge >= 0.3 is 0 Å². The molecule has 0 spiro atoms. The van der Waals surface area contributed by atoms with Gasteiger partial charge in [0.15, 0.2) is 11.5 Å². The Balaban J connectivity index is 1.53. The number of ether oxygens (including phenoxy) is 2. The van der Waals surface area contributed by atoms with Crippen LogP contribution in [0.3, 0.4) is 0 Å². The zero-order chi connectivity index (χ0) is 19.4. The summed E-state index contributed by atoms with van der Waals surface area (Å²) in [4.78, 5) is 36.4. The Hall–Kier alpha value is -3.26. The van der Waals surface area contributed by atoms with E-state index < -0.39 is 23.8 Å². The van der Waals surface area contributed by atoms with Crippen molar-refractivity contribution in [1.82, 2.24) is 16.2 Å². The lowest BCUT2D eigenvalue weighted by molar-refractivity contribution is -0.123. The van der Waals surface area contributed by atoms with Gasteiger partial charge in [0, 0.05) is 5.56 Å². The zero-order valence-electron chi connectivity index (χ0n) is 14.2. The molecule has 1 aliphatic heterocycles. The van der Waals surface area contributed by atoms with E-state index >= 15 is 0 Å². The summed E-state index contributed by atoms with van der Waals surface area (Å²) in [5.74, 6) is -0.623. The summed E-state index contributed by atoms with van der Waals surface area (Å²) < 4.78 is 10.4. The van der Waals surface area contributed by atoms with E-state index in [0.717, 1.165) is 0 Å². The molecule has 8 nitrogen and oxygen atoms in total. The molecule has 140 valence electrons. The highest BCUT2D eigenvalue weighted by molar-refractivity contribution is 6.33. The number of carbonyl (C=O) groups excluding carboxylic acids is 3. The molecule has 0 fully saturated rings. The number of rotatable bonds is 4. The van der Waals surface area contributed by atoms with Crippen molar-refractivity contribution in [1.29, 1.82) is 0 Å². The van der Waals surface area contributed by atoms with Crippen molar-refractivity contribution < 1.29 is 23.9 Å². The molecule has 2 aromatic rings. The molecule has 27 heavy (non-hydrogen) atoms. The molecular formula is C18H16ClN3O5. The number of nitrogens with one attached hydrogen (secondary N) is 3. The highest BCUT2D eigenvalue weighted by Crippen LogP contribution is 2.32. The molecule has 9 heteroatoms. The molecule has 0 radical (unpaired) electrons. The highest BCUT2D eigenvalue weighted by atomic mass is 35.5. The fourth-order valence-electron chi connectivity index (χ4n) is 2.32. The number of benzene rings is 2. The van der Waals surface area contributed by atoms with E-state index in [0.29, 0.717) is 11.5 Å². The van der Waals surface area contributed by atoms with Crippen LogP contribution in [0.25, 0.3) is 0 Å². The van der Waals surface area contributed by atoms with Crippen molar-refractivity contribution in [2.24, 2.45) is 0 Å². The molecule has 2 aromatic carbocycles. The van der Waals surface area contributed by atoms with Gasteiger partial charge in [0.1, 0.15) is 6.04 Å². The van der Waals surface area contributed by atoms with E-state index in [-0.39, 0.29) is 22.9 Å². The largest absolute Gasteiger partial charge is 0.454 e. The average Bonchev–Trinajstić information content (AvgIpc) is 3.13. The topological polar surface area (TPSA) is 106 Å². The van der Waals surface area contributed by atoms with Gasteiger partial charge in [0.05, 0.1) is 10.6 Å². The van der Waals surface area contributed by atoms with Crippen LogP contribution in [0.2, 0.25) is 5.02 Å². The van der Waals surface area contributed by atoms with E-state index in [1.54, 1.807) is 30.3 Å². The molecule has 0 saturated heterocycles. The first kappa shape index (κ1) is 18.5. The summed E-state index contributed by atoms with van der Waals surface area (Å²) in [6.07, 6.45) is 0. The first-order valence-electron chi connectivity index (χ1n) is 8.01. The fourth-order valence-corrected chi connectivity index (χ4v) is 2.54. The Kier molecular flexibility index (Phi) is 5.46. The van der Waals surface area contributed by atoms with E-state index in [1.807, 2.05) is 0 Å². The van der Waals surface area contributed by atoms with Crippen molar-refractivity contribution in [3.63, 3.8) is 0 Å². The van der Waals surface area contributed by atoms with Gasteiger partial charge in [-0.15, -0.1) is 0 Å². The number of hydrogen-bond donors (Lipinski definition) is 3. The van der Waals surface area contributed by atoms with Crippen molar-refractivity contribution in [3.05, 3.63) is 58.6 Å². The Morgan fingerprint density at radius 3 is 2.52 bits per heavy atom. The Morgan fingerprint density at radius 2 is 1.74 bits per heavy atom. The third kappa shape index (κ3) is 4.29. The lowest BCUT2D eigenvalue weighted by Gasteiger charge is -2.15. The second-order valence-electron chi connectivity index (χ2n) is 5.69. The number of carbonyl (C=O) groups is 3. The molecule has 1 atom stereocenters. The van der Waals surface area contributed by atoms with Crippen molar-refractivity contribution in [2.75, 3.05) is 6.79 Å². The minimum absolute atomic E-state index is 0.0970. The zero-order valence-corrected chi connectivity index (χ0v) is 15.0. The molecule has 3 rings (SSSR count).